The molecule has 0 bridgehead atoms. The summed E-state index contributed by atoms with van der Waals surface area (Å²) in [4.78, 5) is 35.8. The molecule has 0 aliphatic heterocycles. The number of Topliss-reactive ketones (excluding diaryl/α,β-unsaturated/α-hetero) is 1. The quantitative estimate of drug-likeness (QED) is 0.617. The molecule has 0 radical (unpaired) electrons. The van der Waals surface area contributed by atoms with E-state index in [4.69, 9.17) is 0 Å². The molecule has 126 valence electrons. The van der Waals surface area contributed by atoms with Crippen LogP contribution < -0.4 is 11.0 Å². The second-order valence-corrected chi connectivity index (χ2v) is 7.07. The SMILES string of the molecule is CC(=O)c1ccccc1NC(=O)C(C)Sc1n[nH]c(=O)n1C1CC1. The molecule has 2 aromatic rings. The molecule has 1 unspecified atom stereocenters. The van der Waals surface area contributed by atoms with Gasteiger partial charge in [-0.1, -0.05) is 23.9 Å². The fraction of sp³-hybridized carbons (Fsp3) is 0.375. The zero-order chi connectivity index (χ0) is 17.3. The van der Waals surface area contributed by atoms with Crippen LogP contribution in [0.3, 0.4) is 0 Å². The van der Waals surface area contributed by atoms with Crippen LogP contribution in [0.4, 0.5) is 5.69 Å². The third kappa shape index (κ3) is 3.43. The lowest BCUT2D eigenvalue weighted by Gasteiger charge is -2.13. The first kappa shape index (κ1) is 16.5. The minimum atomic E-state index is -0.460. The molecule has 1 aliphatic rings. The maximum Gasteiger partial charge on any atom is 0.344 e. The van der Waals surface area contributed by atoms with Crippen LogP contribution in [-0.4, -0.2) is 31.7 Å². The summed E-state index contributed by atoms with van der Waals surface area (Å²) in [5, 5.41) is 9.28. The molecular weight excluding hydrogens is 328 g/mol. The van der Waals surface area contributed by atoms with Crippen molar-refractivity contribution in [2.45, 2.75) is 43.1 Å². The summed E-state index contributed by atoms with van der Waals surface area (Å²) in [5.41, 5.74) is 0.719. The number of rotatable bonds is 6. The number of thioether (sulfide) groups is 1. The number of hydrogen-bond acceptors (Lipinski definition) is 5. The number of aromatic amines is 1. The van der Waals surface area contributed by atoms with Crippen LogP contribution >= 0.6 is 11.8 Å². The van der Waals surface area contributed by atoms with Crippen LogP contribution in [0.1, 0.15) is 43.1 Å². The number of nitrogens with zero attached hydrogens (tertiary/aromatic N) is 2. The van der Waals surface area contributed by atoms with E-state index in [1.165, 1.54) is 18.7 Å². The van der Waals surface area contributed by atoms with Gasteiger partial charge in [-0.25, -0.2) is 9.89 Å². The van der Waals surface area contributed by atoms with Crippen LogP contribution in [0.15, 0.2) is 34.2 Å². The second-order valence-electron chi connectivity index (χ2n) is 5.76. The molecular formula is C16H18N4O3S. The molecule has 1 atom stereocenters. The van der Waals surface area contributed by atoms with Crippen molar-refractivity contribution in [3.63, 3.8) is 0 Å². The van der Waals surface area contributed by atoms with Crippen LogP contribution in [0.25, 0.3) is 0 Å². The molecule has 8 heteroatoms. The fourth-order valence-electron chi connectivity index (χ4n) is 2.37. The van der Waals surface area contributed by atoms with Gasteiger partial charge in [0.15, 0.2) is 10.9 Å². The molecule has 24 heavy (non-hydrogen) atoms. The molecule has 1 aromatic carbocycles. The van der Waals surface area contributed by atoms with E-state index in [1.807, 2.05) is 0 Å². The summed E-state index contributed by atoms with van der Waals surface area (Å²) in [7, 11) is 0. The van der Waals surface area contributed by atoms with Gasteiger partial charge in [0, 0.05) is 11.6 Å². The Hall–Kier alpha value is -2.35. The smallest absolute Gasteiger partial charge is 0.324 e. The lowest BCUT2D eigenvalue weighted by Crippen LogP contribution is -2.24. The topological polar surface area (TPSA) is 96.8 Å². The van der Waals surface area contributed by atoms with E-state index in [0.29, 0.717) is 16.4 Å². The third-order valence-electron chi connectivity index (χ3n) is 3.80. The van der Waals surface area contributed by atoms with Gasteiger partial charge < -0.3 is 5.32 Å². The maximum absolute atomic E-state index is 12.4. The first-order valence-corrected chi connectivity index (χ1v) is 8.59. The number of amides is 1. The fourth-order valence-corrected chi connectivity index (χ4v) is 3.30. The van der Waals surface area contributed by atoms with Crippen molar-refractivity contribution in [3.8, 4) is 0 Å². The molecule has 2 N–H and O–H groups in total. The summed E-state index contributed by atoms with van der Waals surface area (Å²) >= 11 is 1.22. The zero-order valence-corrected chi connectivity index (χ0v) is 14.2. The number of carbonyl (C=O) groups is 2. The van der Waals surface area contributed by atoms with Crippen molar-refractivity contribution < 1.29 is 9.59 Å². The van der Waals surface area contributed by atoms with Crippen molar-refractivity contribution >= 4 is 29.1 Å². The van der Waals surface area contributed by atoms with Crippen LogP contribution in [0.2, 0.25) is 0 Å². The molecule has 3 rings (SSSR count). The number of ketones is 1. The molecule has 1 aromatic heterocycles. The predicted molar refractivity (Wildman–Crippen MR) is 91.5 cm³/mol. The molecule has 1 saturated carbocycles. The Kier molecular flexibility index (Phi) is 4.57. The van der Waals surface area contributed by atoms with E-state index in [2.05, 4.69) is 15.5 Å². The number of para-hydroxylation sites is 1. The molecule has 1 heterocycles. The molecule has 1 fully saturated rings. The normalized spacial score (nSPS) is 15.1. The Morgan fingerprint density at radius 1 is 1.38 bits per heavy atom. The summed E-state index contributed by atoms with van der Waals surface area (Å²) in [6.07, 6.45) is 1.92. The van der Waals surface area contributed by atoms with Crippen LogP contribution in [-0.2, 0) is 4.79 Å². The molecule has 0 spiro atoms. The highest BCUT2D eigenvalue weighted by Crippen LogP contribution is 2.36. The van der Waals surface area contributed by atoms with Gasteiger partial charge in [-0.15, -0.1) is 5.10 Å². The van der Waals surface area contributed by atoms with Gasteiger partial charge in [0.05, 0.1) is 10.9 Å². The van der Waals surface area contributed by atoms with Gasteiger partial charge in [0.25, 0.3) is 0 Å². The van der Waals surface area contributed by atoms with Crippen molar-refractivity contribution in [1.29, 1.82) is 0 Å². The second kappa shape index (κ2) is 6.64. The molecule has 1 aliphatic carbocycles. The number of H-pyrrole nitrogens is 1. The number of benzene rings is 1. The average Bonchev–Trinajstić information content (AvgIpc) is 3.32. The lowest BCUT2D eigenvalue weighted by molar-refractivity contribution is -0.115. The van der Waals surface area contributed by atoms with Gasteiger partial charge in [0.2, 0.25) is 5.91 Å². The Labute approximate surface area is 142 Å². The number of nitrogens with one attached hydrogen (secondary N) is 2. The summed E-state index contributed by atoms with van der Waals surface area (Å²) in [5.74, 6) is -0.354. The Balaban J connectivity index is 1.72. The van der Waals surface area contributed by atoms with Crippen LogP contribution in [0.5, 0.6) is 0 Å². The molecule has 7 nitrogen and oxygen atoms in total. The summed E-state index contributed by atoms with van der Waals surface area (Å²) in [6.45, 7) is 3.20. The van der Waals surface area contributed by atoms with E-state index in [-0.39, 0.29) is 23.4 Å². The van der Waals surface area contributed by atoms with Crippen molar-refractivity contribution in [2.75, 3.05) is 5.32 Å². The van der Waals surface area contributed by atoms with Gasteiger partial charge in [-0.2, -0.15) is 0 Å². The average molecular weight is 346 g/mol. The van der Waals surface area contributed by atoms with E-state index in [0.717, 1.165) is 12.8 Å². The predicted octanol–water partition coefficient (Wildman–Crippen LogP) is 2.23. The van der Waals surface area contributed by atoms with Gasteiger partial charge in [0.1, 0.15) is 0 Å². The Morgan fingerprint density at radius 2 is 2.08 bits per heavy atom. The van der Waals surface area contributed by atoms with Gasteiger partial charge in [-0.05, 0) is 38.8 Å². The van der Waals surface area contributed by atoms with E-state index < -0.39 is 5.25 Å². The van der Waals surface area contributed by atoms with Gasteiger partial charge in [-0.3, -0.25) is 14.2 Å². The Bertz CT molecular complexity index is 838. The van der Waals surface area contributed by atoms with Crippen molar-refractivity contribution in [3.05, 3.63) is 40.3 Å². The molecule has 0 saturated heterocycles. The maximum atomic E-state index is 12.4. The highest BCUT2D eigenvalue weighted by molar-refractivity contribution is 8.00. The zero-order valence-electron chi connectivity index (χ0n) is 13.4. The van der Waals surface area contributed by atoms with E-state index in [1.54, 1.807) is 35.8 Å². The summed E-state index contributed by atoms with van der Waals surface area (Å²) < 4.78 is 1.61. The standard InChI is InChI=1S/C16H18N4O3S/c1-9(21)12-5-3-4-6-13(12)17-14(22)10(2)24-16-19-18-15(23)20(16)11-7-8-11/h3-6,10-11H,7-8H2,1-2H3,(H,17,22)(H,18,23). The number of hydrogen-bond donors (Lipinski definition) is 2. The minimum absolute atomic E-state index is 0.110. The first-order chi connectivity index (χ1) is 11.5. The minimum Gasteiger partial charge on any atom is -0.324 e. The van der Waals surface area contributed by atoms with Crippen LogP contribution in [0, 0.1) is 0 Å². The third-order valence-corrected chi connectivity index (χ3v) is 4.87. The number of carbonyl (C=O) groups excluding carboxylic acids is 2. The van der Waals surface area contributed by atoms with Crippen molar-refractivity contribution in [2.24, 2.45) is 0 Å². The highest BCUT2D eigenvalue weighted by atomic mass is 32.2. The van der Waals surface area contributed by atoms with Gasteiger partial charge >= 0.3 is 5.69 Å². The highest BCUT2D eigenvalue weighted by Gasteiger charge is 2.30. The monoisotopic (exact) mass is 346 g/mol. The summed E-state index contributed by atoms with van der Waals surface area (Å²) in [6, 6.07) is 7.07. The van der Waals surface area contributed by atoms with Crippen molar-refractivity contribution in [1.82, 2.24) is 14.8 Å². The lowest BCUT2D eigenvalue weighted by atomic mass is 10.1. The number of anilines is 1. The largest absolute Gasteiger partial charge is 0.344 e. The van der Waals surface area contributed by atoms with E-state index in [9.17, 15) is 14.4 Å². The molecule has 1 amide bonds. The van der Waals surface area contributed by atoms with E-state index >= 15 is 0 Å². The first-order valence-electron chi connectivity index (χ1n) is 7.71. The Morgan fingerprint density at radius 3 is 2.75 bits per heavy atom. The number of aromatic nitrogens is 3.